The van der Waals surface area contributed by atoms with Crippen molar-refractivity contribution in [3.63, 3.8) is 0 Å². The Hall–Kier alpha value is -1.85. The summed E-state index contributed by atoms with van der Waals surface area (Å²) in [6, 6.07) is 10.4. The van der Waals surface area contributed by atoms with Crippen molar-refractivity contribution in [2.45, 2.75) is 5.92 Å². The second-order valence-corrected chi connectivity index (χ2v) is 6.18. The van der Waals surface area contributed by atoms with Crippen molar-refractivity contribution in [3.05, 3.63) is 51.2 Å². The summed E-state index contributed by atoms with van der Waals surface area (Å²) in [5, 5.41) is 9.28. The van der Waals surface area contributed by atoms with Gasteiger partial charge >= 0.3 is 5.97 Å². The molecule has 102 valence electrons. The molecule has 4 nitrogen and oxygen atoms in total. The van der Waals surface area contributed by atoms with E-state index in [1.54, 1.807) is 36.4 Å². The average molecular weight is 308 g/mol. The van der Waals surface area contributed by atoms with Crippen LogP contribution in [0.2, 0.25) is 4.34 Å². The molecule has 0 bridgehead atoms. The van der Waals surface area contributed by atoms with E-state index in [0.29, 0.717) is 20.5 Å². The van der Waals surface area contributed by atoms with E-state index in [9.17, 15) is 14.7 Å². The maximum Gasteiger partial charge on any atom is 0.312 e. The quantitative estimate of drug-likeness (QED) is 0.926. The summed E-state index contributed by atoms with van der Waals surface area (Å²) in [6.45, 7) is 0.156. The van der Waals surface area contributed by atoms with Gasteiger partial charge in [0.1, 0.15) is 5.92 Å². The summed E-state index contributed by atoms with van der Waals surface area (Å²) in [6.07, 6.45) is 0. The Morgan fingerprint density at radius 1 is 1.25 bits per heavy atom. The molecular weight excluding hydrogens is 298 g/mol. The SMILES string of the molecule is O=C(O)[C@H]1CN(C(=O)c2ccc(Cl)s2)c2ccccc21. The summed E-state index contributed by atoms with van der Waals surface area (Å²) >= 11 is 7.04. The number of carboxylic acid groups (broad SMARTS) is 1. The van der Waals surface area contributed by atoms with Crippen molar-refractivity contribution in [2.24, 2.45) is 0 Å². The fourth-order valence-corrected chi connectivity index (χ4v) is 3.37. The number of thiophene rings is 1. The highest BCUT2D eigenvalue weighted by atomic mass is 35.5. The Morgan fingerprint density at radius 3 is 2.65 bits per heavy atom. The fraction of sp³-hybridized carbons (Fsp3) is 0.143. The van der Waals surface area contributed by atoms with Crippen LogP contribution in [0.15, 0.2) is 36.4 Å². The Labute approximate surface area is 124 Å². The van der Waals surface area contributed by atoms with Gasteiger partial charge in [-0.2, -0.15) is 0 Å². The van der Waals surface area contributed by atoms with Crippen LogP contribution in [0.1, 0.15) is 21.2 Å². The number of rotatable bonds is 2. The van der Waals surface area contributed by atoms with Gasteiger partial charge in [-0.05, 0) is 23.8 Å². The Morgan fingerprint density at radius 2 is 2.00 bits per heavy atom. The highest BCUT2D eigenvalue weighted by molar-refractivity contribution is 7.18. The predicted octanol–water partition coefficient (Wildman–Crippen LogP) is 3.23. The van der Waals surface area contributed by atoms with Crippen molar-refractivity contribution in [1.82, 2.24) is 0 Å². The third-order valence-electron chi connectivity index (χ3n) is 3.30. The van der Waals surface area contributed by atoms with Crippen LogP contribution < -0.4 is 4.90 Å². The number of carboxylic acids is 1. The second kappa shape index (κ2) is 4.92. The zero-order chi connectivity index (χ0) is 14.3. The summed E-state index contributed by atoms with van der Waals surface area (Å²) in [5.41, 5.74) is 1.34. The smallest absolute Gasteiger partial charge is 0.312 e. The molecule has 0 fully saturated rings. The van der Waals surface area contributed by atoms with Crippen LogP contribution in [0.25, 0.3) is 0 Å². The molecule has 2 aromatic rings. The van der Waals surface area contributed by atoms with Gasteiger partial charge < -0.3 is 10.0 Å². The first kappa shape index (κ1) is 13.1. The van der Waals surface area contributed by atoms with Crippen LogP contribution in [0, 0.1) is 0 Å². The second-order valence-electron chi connectivity index (χ2n) is 4.47. The van der Waals surface area contributed by atoms with Crippen LogP contribution in [0.5, 0.6) is 0 Å². The Kier molecular flexibility index (Phi) is 3.23. The molecule has 0 aliphatic carbocycles. The monoisotopic (exact) mass is 307 g/mol. The first-order chi connectivity index (χ1) is 9.58. The number of carbonyl (C=O) groups excluding carboxylic acids is 1. The maximum atomic E-state index is 12.5. The molecule has 0 spiro atoms. The van der Waals surface area contributed by atoms with Gasteiger partial charge in [-0.25, -0.2) is 0 Å². The highest BCUT2D eigenvalue weighted by Crippen LogP contribution is 2.37. The first-order valence-electron chi connectivity index (χ1n) is 5.97. The zero-order valence-corrected chi connectivity index (χ0v) is 11.8. The molecule has 6 heteroatoms. The minimum atomic E-state index is -0.919. The first-order valence-corrected chi connectivity index (χ1v) is 7.16. The minimum Gasteiger partial charge on any atom is -0.481 e. The summed E-state index contributed by atoms with van der Waals surface area (Å²) in [5.74, 6) is -1.80. The van der Waals surface area contributed by atoms with E-state index in [0.717, 1.165) is 0 Å². The van der Waals surface area contributed by atoms with E-state index < -0.39 is 11.9 Å². The Balaban J connectivity index is 2.00. The third kappa shape index (κ3) is 2.09. The molecule has 3 rings (SSSR count). The third-order valence-corrected chi connectivity index (χ3v) is 4.51. The number of hydrogen-bond donors (Lipinski definition) is 1. The van der Waals surface area contributed by atoms with Crippen molar-refractivity contribution in [3.8, 4) is 0 Å². The normalized spacial score (nSPS) is 17.1. The van der Waals surface area contributed by atoms with E-state index in [-0.39, 0.29) is 12.5 Å². The van der Waals surface area contributed by atoms with Gasteiger partial charge in [-0.1, -0.05) is 29.8 Å². The lowest BCUT2D eigenvalue weighted by Gasteiger charge is -2.16. The van der Waals surface area contributed by atoms with E-state index in [2.05, 4.69) is 0 Å². The van der Waals surface area contributed by atoms with Crippen molar-refractivity contribution in [1.29, 1.82) is 0 Å². The van der Waals surface area contributed by atoms with E-state index in [1.807, 2.05) is 0 Å². The van der Waals surface area contributed by atoms with Crippen LogP contribution in [-0.4, -0.2) is 23.5 Å². The molecule has 0 unspecified atom stereocenters. The van der Waals surface area contributed by atoms with Crippen LogP contribution in [0.4, 0.5) is 5.69 Å². The van der Waals surface area contributed by atoms with Crippen LogP contribution >= 0.6 is 22.9 Å². The summed E-state index contributed by atoms with van der Waals surface area (Å²) in [4.78, 5) is 25.8. The minimum absolute atomic E-state index is 0.156. The maximum absolute atomic E-state index is 12.5. The molecule has 1 N–H and O–H groups in total. The zero-order valence-electron chi connectivity index (χ0n) is 10.2. The van der Waals surface area contributed by atoms with Crippen LogP contribution in [0.3, 0.4) is 0 Å². The van der Waals surface area contributed by atoms with E-state index in [4.69, 9.17) is 11.6 Å². The molecule has 1 atom stereocenters. The molecule has 1 aromatic heterocycles. The molecule has 1 aliphatic rings. The Bertz CT molecular complexity index is 697. The topological polar surface area (TPSA) is 57.6 Å². The number of fused-ring (bicyclic) bond motifs is 1. The lowest BCUT2D eigenvalue weighted by atomic mass is 10.0. The van der Waals surface area contributed by atoms with E-state index in [1.165, 1.54) is 16.2 Å². The number of carbonyl (C=O) groups is 2. The van der Waals surface area contributed by atoms with Gasteiger partial charge in [0.15, 0.2) is 0 Å². The number of para-hydroxylation sites is 1. The van der Waals surface area contributed by atoms with Gasteiger partial charge in [0.05, 0.1) is 9.21 Å². The number of hydrogen-bond acceptors (Lipinski definition) is 3. The number of benzene rings is 1. The number of halogens is 1. The van der Waals surface area contributed by atoms with Gasteiger partial charge in [0, 0.05) is 12.2 Å². The standard InChI is InChI=1S/C14H10ClNO3S/c15-12-6-5-11(20-12)13(17)16-7-9(14(18)19)8-3-1-2-4-10(8)16/h1-6,9H,7H2,(H,18,19)/t9-/m0/s1. The molecule has 1 amide bonds. The van der Waals surface area contributed by atoms with Crippen molar-refractivity contribution >= 4 is 40.5 Å². The number of aliphatic carboxylic acids is 1. The molecule has 20 heavy (non-hydrogen) atoms. The summed E-state index contributed by atoms with van der Waals surface area (Å²) < 4.78 is 0.538. The lowest BCUT2D eigenvalue weighted by molar-refractivity contribution is -0.138. The predicted molar refractivity (Wildman–Crippen MR) is 77.8 cm³/mol. The molecule has 1 aromatic carbocycles. The average Bonchev–Trinajstić information content (AvgIpc) is 3.02. The number of anilines is 1. The summed E-state index contributed by atoms with van der Waals surface area (Å²) in [7, 11) is 0. The number of amides is 1. The largest absolute Gasteiger partial charge is 0.481 e. The fourth-order valence-electron chi connectivity index (χ4n) is 2.37. The van der Waals surface area contributed by atoms with Gasteiger partial charge in [0.2, 0.25) is 0 Å². The molecular formula is C14H10ClNO3S. The lowest BCUT2D eigenvalue weighted by Crippen LogP contribution is -2.30. The number of nitrogens with zero attached hydrogens (tertiary/aromatic N) is 1. The van der Waals surface area contributed by atoms with Crippen LogP contribution in [-0.2, 0) is 4.79 Å². The molecule has 0 saturated heterocycles. The van der Waals surface area contributed by atoms with Gasteiger partial charge in [0.25, 0.3) is 5.91 Å². The molecule has 2 heterocycles. The molecule has 0 saturated carbocycles. The van der Waals surface area contributed by atoms with Crippen molar-refractivity contribution in [2.75, 3.05) is 11.4 Å². The van der Waals surface area contributed by atoms with E-state index >= 15 is 0 Å². The van der Waals surface area contributed by atoms with Gasteiger partial charge in [-0.15, -0.1) is 11.3 Å². The van der Waals surface area contributed by atoms with Crippen molar-refractivity contribution < 1.29 is 14.7 Å². The highest BCUT2D eigenvalue weighted by Gasteiger charge is 2.36. The molecule has 1 aliphatic heterocycles. The van der Waals surface area contributed by atoms with Gasteiger partial charge in [-0.3, -0.25) is 9.59 Å². The molecule has 0 radical (unpaired) electrons.